The van der Waals surface area contributed by atoms with Gasteiger partial charge in [-0.3, -0.25) is 9.59 Å². The smallest absolute Gasteiger partial charge is 0.307 e. The molecule has 1 amide bonds. The van der Waals surface area contributed by atoms with Crippen LogP contribution in [-0.4, -0.2) is 27.9 Å². The summed E-state index contributed by atoms with van der Waals surface area (Å²) in [4.78, 5) is 25.1. The van der Waals surface area contributed by atoms with Gasteiger partial charge in [0.25, 0.3) is 0 Å². The van der Waals surface area contributed by atoms with Crippen LogP contribution in [0.15, 0.2) is 30.3 Å². The maximum absolute atomic E-state index is 12.4. The third-order valence-electron chi connectivity index (χ3n) is 3.89. The molecule has 1 N–H and O–H groups in total. The summed E-state index contributed by atoms with van der Waals surface area (Å²) >= 11 is 0. The Morgan fingerprint density at radius 3 is 2.37 bits per heavy atom. The molecule has 2 unspecified atom stereocenters. The molecular formula is C15H17NO3. The molecule has 4 nitrogen and oxygen atoms in total. The normalized spacial score (nSPS) is 24.8. The minimum Gasteiger partial charge on any atom is -0.481 e. The molecule has 2 fully saturated rings. The molecule has 0 spiro atoms. The first-order valence-corrected chi connectivity index (χ1v) is 6.74. The van der Waals surface area contributed by atoms with E-state index in [9.17, 15) is 9.59 Å². The molecule has 4 heteroatoms. The van der Waals surface area contributed by atoms with Gasteiger partial charge in [-0.2, -0.15) is 0 Å². The first kappa shape index (κ1) is 12.2. The number of aliphatic carboxylic acids is 1. The molecule has 0 bridgehead atoms. The van der Waals surface area contributed by atoms with Crippen LogP contribution in [0.1, 0.15) is 24.8 Å². The second-order valence-electron chi connectivity index (χ2n) is 5.47. The highest BCUT2D eigenvalue weighted by Crippen LogP contribution is 2.42. The second kappa shape index (κ2) is 4.68. The minimum atomic E-state index is -0.839. The summed E-state index contributed by atoms with van der Waals surface area (Å²) in [5.41, 5.74) is 1.11. The zero-order valence-corrected chi connectivity index (χ0v) is 10.7. The highest BCUT2D eigenvalue weighted by atomic mass is 16.4. The Bertz CT molecular complexity index is 495. The van der Waals surface area contributed by atoms with Crippen LogP contribution in [0.5, 0.6) is 0 Å². The fourth-order valence-electron chi connectivity index (χ4n) is 2.51. The fraction of sp³-hybridized carbons (Fsp3) is 0.467. The molecule has 100 valence electrons. The van der Waals surface area contributed by atoms with Crippen LogP contribution < -0.4 is 0 Å². The second-order valence-corrected chi connectivity index (χ2v) is 5.47. The average molecular weight is 259 g/mol. The number of carbonyl (C=O) groups excluding carboxylic acids is 1. The number of carboxylic acid groups (broad SMARTS) is 1. The number of rotatable bonds is 5. The highest BCUT2D eigenvalue weighted by molar-refractivity contribution is 5.89. The van der Waals surface area contributed by atoms with Gasteiger partial charge in [0.2, 0.25) is 5.91 Å². The summed E-state index contributed by atoms with van der Waals surface area (Å²) in [6.07, 6.45) is 2.60. The van der Waals surface area contributed by atoms with Crippen LogP contribution in [0.4, 0.5) is 0 Å². The lowest BCUT2D eigenvalue weighted by atomic mass is 10.2. The first-order valence-electron chi connectivity index (χ1n) is 6.74. The van der Waals surface area contributed by atoms with Gasteiger partial charge in [0, 0.05) is 12.6 Å². The summed E-state index contributed by atoms with van der Waals surface area (Å²) in [5.74, 6) is -1.56. The van der Waals surface area contributed by atoms with Crippen molar-refractivity contribution < 1.29 is 14.7 Å². The van der Waals surface area contributed by atoms with Crippen molar-refractivity contribution in [3.8, 4) is 0 Å². The molecule has 2 saturated carbocycles. The van der Waals surface area contributed by atoms with Crippen molar-refractivity contribution in [2.24, 2.45) is 11.8 Å². The Morgan fingerprint density at radius 1 is 1.16 bits per heavy atom. The molecule has 3 rings (SSSR count). The number of hydrogen-bond donors (Lipinski definition) is 1. The number of carboxylic acids is 1. The largest absolute Gasteiger partial charge is 0.481 e. The highest BCUT2D eigenvalue weighted by Gasteiger charge is 2.51. The van der Waals surface area contributed by atoms with Crippen LogP contribution >= 0.6 is 0 Å². The first-order chi connectivity index (χ1) is 9.16. The minimum absolute atomic E-state index is 0.0266. The van der Waals surface area contributed by atoms with E-state index < -0.39 is 11.9 Å². The molecular weight excluding hydrogens is 242 g/mol. The van der Waals surface area contributed by atoms with Gasteiger partial charge < -0.3 is 10.0 Å². The lowest BCUT2D eigenvalue weighted by Crippen LogP contribution is -2.34. The van der Waals surface area contributed by atoms with E-state index >= 15 is 0 Å². The van der Waals surface area contributed by atoms with E-state index in [4.69, 9.17) is 5.11 Å². The van der Waals surface area contributed by atoms with Gasteiger partial charge in [0.05, 0.1) is 11.8 Å². The van der Waals surface area contributed by atoms with E-state index in [0.29, 0.717) is 19.0 Å². The molecule has 1 aromatic carbocycles. The molecule has 19 heavy (non-hydrogen) atoms. The van der Waals surface area contributed by atoms with E-state index in [1.165, 1.54) is 0 Å². The van der Waals surface area contributed by atoms with Crippen LogP contribution in [0, 0.1) is 11.8 Å². The van der Waals surface area contributed by atoms with Crippen molar-refractivity contribution in [1.82, 2.24) is 4.90 Å². The van der Waals surface area contributed by atoms with Crippen molar-refractivity contribution >= 4 is 11.9 Å². The van der Waals surface area contributed by atoms with Crippen LogP contribution in [-0.2, 0) is 16.1 Å². The van der Waals surface area contributed by atoms with Crippen LogP contribution in [0.2, 0.25) is 0 Å². The summed E-state index contributed by atoms with van der Waals surface area (Å²) < 4.78 is 0. The fourth-order valence-corrected chi connectivity index (χ4v) is 2.51. The van der Waals surface area contributed by atoms with Gasteiger partial charge in [-0.1, -0.05) is 30.3 Å². The maximum atomic E-state index is 12.4. The van der Waals surface area contributed by atoms with Gasteiger partial charge in [-0.25, -0.2) is 0 Å². The molecule has 2 atom stereocenters. The van der Waals surface area contributed by atoms with Crippen molar-refractivity contribution in [3.05, 3.63) is 35.9 Å². The zero-order valence-electron chi connectivity index (χ0n) is 10.7. The lowest BCUT2D eigenvalue weighted by molar-refractivity contribution is -0.142. The quantitative estimate of drug-likeness (QED) is 0.878. The molecule has 2 aliphatic carbocycles. The van der Waals surface area contributed by atoms with E-state index in [-0.39, 0.29) is 11.8 Å². The Balaban J connectivity index is 1.68. The Kier molecular flexibility index (Phi) is 3.01. The third kappa shape index (κ3) is 2.62. The number of carbonyl (C=O) groups is 2. The molecule has 0 aromatic heterocycles. The molecule has 2 aliphatic rings. The van der Waals surface area contributed by atoms with E-state index in [1.54, 1.807) is 0 Å². The molecule has 0 radical (unpaired) electrons. The van der Waals surface area contributed by atoms with Crippen LogP contribution in [0.3, 0.4) is 0 Å². The summed E-state index contributed by atoms with van der Waals surface area (Å²) in [7, 11) is 0. The number of nitrogens with zero attached hydrogens (tertiary/aromatic N) is 1. The number of hydrogen-bond acceptors (Lipinski definition) is 2. The molecule has 1 aromatic rings. The molecule has 0 saturated heterocycles. The average Bonchev–Trinajstić information content (AvgIpc) is 3.29. The molecule has 0 heterocycles. The van der Waals surface area contributed by atoms with Gasteiger partial charge in [0.1, 0.15) is 0 Å². The van der Waals surface area contributed by atoms with Gasteiger partial charge in [0.15, 0.2) is 0 Å². The Hall–Kier alpha value is -1.84. The standard InChI is InChI=1S/C15H17NO3/c17-14(12-8-13(12)15(18)19)16(11-6-7-11)9-10-4-2-1-3-5-10/h1-5,11-13H,6-9H2,(H,18,19). The third-order valence-corrected chi connectivity index (χ3v) is 3.89. The predicted octanol–water partition coefficient (Wildman–Crippen LogP) is 1.90. The summed E-state index contributed by atoms with van der Waals surface area (Å²) in [5, 5.41) is 8.93. The SMILES string of the molecule is O=C(O)C1CC1C(=O)N(Cc1ccccc1)C1CC1. The number of benzene rings is 1. The Morgan fingerprint density at radius 2 is 1.84 bits per heavy atom. The van der Waals surface area contributed by atoms with Crippen LogP contribution in [0.25, 0.3) is 0 Å². The van der Waals surface area contributed by atoms with Crippen molar-refractivity contribution in [2.45, 2.75) is 31.8 Å². The maximum Gasteiger partial charge on any atom is 0.307 e. The monoisotopic (exact) mass is 259 g/mol. The molecule has 0 aliphatic heterocycles. The van der Waals surface area contributed by atoms with E-state index in [0.717, 1.165) is 18.4 Å². The van der Waals surface area contributed by atoms with E-state index in [1.807, 2.05) is 35.2 Å². The summed E-state index contributed by atoms with van der Waals surface area (Å²) in [6.45, 7) is 0.604. The van der Waals surface area contributed by atoms with Crippen molar-refractivity contribution in [1.29, 1.82) is 0 Å². The van der Waals surface area contributed by atoms with Crippen molar-refractivity contribution in [2.75, 3.05) is 0 Å². The predicted molar refractivity (Wildman–Crippen MR) is 69.2 cm³/mol. The van der Waals surface area contributed by atoms with E-state index in [2.05, 4.69) is 0 Å². The summed E-state index contributed by atoms with van der Waals surface area (Å²) in [6, 6.07) is 10.2. The van der Waals surface area contributed by atoms with Gasteiger partial charge in [-0.15, -0.1) is 0 Å². The lowest BCUT2D eigenvalue weighted by Gasteiger charge is -2.22. The number of amides is 1. The van der Waals surface area contributed by atoms with Gasteiger partial charge >= 0.3 is 5.97 Å². The Labute approximate surface area is 112 Å². The van der Waals surface area contributed by atoms with Crippen molar-refractivity contribution in [3.63, 3.8) is 0 Å². The topological polar surface area (TPSA) is 57.6 Å². The van der Waals surface area contributed by atoms with Gasteiger partial charge in [-0.05, 0) is 24.8 Å². The zero-order chi connectivity index (χ0) is 13.4.